The van der Waals surface area contributed by atoms with Gasteiger partial charge in [-0.1, -0.05) is 17.7 Å². The molecule has 8 heteroatoms. The van der Waals surface area contributed by atoms with E-state index in [1.807, 2.05) is 24.3 Å². The molecule has 3 aromatic rings. The number of aromatic nitrogens is 2. The van der Waals surface area contributed by atoms with Crippen LogP contribution in [0.2, 0.25) is 5.02 Å². The molecule has 1 fully saturated rings. The van der Waals surface area contributed by atoms with Crippen LogP contribution in [0.15, 0.2) is 55.0 Å². The minimum atomic E-state index is -0.499. The van der Waals surface area contributed by atoms with Crippen LogP contribution in [-0.4, -0.2) is 39.3 Å². The van der Waals surface area contributed by atoms with Crippen LogP contribution in [0.1, 0.15) is 34.5 Å². The van der Waals surface area contributed by atoms with Crippen molar-refractivity contribution in [1.29, 1.82) is 0 Å². The number of aromatic amines is 1. The van der Waals surface area contributed by atoms with E-state index in [9.17, 15) is 9.59 Å². The van der Waals surface area contributed by atoms with Gasteiger partial charge in [0.2, 0.25) is 5.91 Å². The van der Waals surface area contributed by atoms with Gasteiger partial charge in [-0.05, 0) is 59.9 Å². The van der Waals surface area contributed by atoms with Gasteiger partial charge in [0.05, 0.1) is 0 Å². The van der Waals surface area contributed by atoms with Crippen molar-refractivity contribution in [2.45, 2.75) is 32.0 Å². The number of H-pyrrole nitrogens is 1. The number of carbonyl (C=O) groups excluding carboxylic acids is 2. The summed E-state index contributed by atoms with van der Waals surface area (Å²) in [5.41, 5.74) is 9.93. The number of hydrogen-bond acceptors (Lipinski definition) is 4. The van der Waals surface area contributed by atoms with Crippen molar-refractivity contribution < 1.29 is 9.59 Å². The van der Waals surface area contributed by atoms with Crippen LogP contribution in [0.5, 0.6) is 0 Å². The van der Waals surface area contributed by atoms with Crippen LogP contribution in [0, 0.1) is 0 Å². The lowest BCUT2D eigenvalue weighted by molar-refractivity contribution is -0.125. The molecular weight excluding hydrogens is 414 g/mol. The third-order valence-corrected chi connectivity index (χ3v) is 5.82. The van der Waals surface area contributed by atoms with E-state index in [2.05, 4.69) is 15.3 Å². The second kappa shape index (κ2) is 9.32. The second-order valence-electron chi connectivity index (χ2n) is 7.53. The predicted octanol–water partition coefficient (Wildman–Crippen LogP) is 3.11. The molecule has 2 aromatic heterocycles. The number of nitrogens with two attached hydrogens (primary N) is 1. The van der Waals surface area contributed by atoms with Crippen molar-refractivity contribution in [2.75, 3.05) is 6.54 Å². The Labute approximate surface area is 185 Å². The highest BCUT2D eigenvalue weighted by molar-refractivity contribution is 6.30. The van der Waals surface area contributed by atoms with Crippen LogP contribution < -0.4 is 11.1 Å². The van der Waals surface area contributed by atoms with Crippen LogP contribution in [0.4, 0.5) is 0 Å². The summed E-state index contributed by atoms with van der Waals surface area (Å²) in [4.78, 5) is 34.7. The first-order valence-corrected chi connectivity index (χ1v) is 10.6. The summed E-state index contributed by atoms with van der Waals surface area (Å²) in [5.74, 6) is -0.349. The van der Waals surface area contributed by atoms with Gasteiger partial charge in [0.15, 0.2) is 0 Å². The number of rotatable bonds is 6. The van der Waals surface area contributed by atoms with Gasteiger partial charge < -0.3 is 20.9 Å². The Kier molecular flexibility index (Phi) is 6.34. The maximum absolute atomic E-state index is 13.1. The molecule has 2 amide bonds. The van der Waals surface area contributed by atoms with E-state index in [1.165, 1.54) is 0 Å². The molecule has 1 aromatic carbocycles. The highest BCUT2D eigenvalue weighted by Crippen LogP contribution is 2.24. The fourth-order valence-electron chi connectivity index (χ4n) is 3.92. The lowest BCUT2D eigenvalue weighted by atomic mass is 10.1. The van der Waals surface area contributed by atoms with Crippen molar-refractivity contribution in [3.63, 3.8) is 0 Å². The van der Waals surface area contributed by atoms with Gasteiger partial charge in [-0.3, -0.25) is 14.6 Å². The SMILES string of the molecule is NCc1ccc(Cl)cc1CNC(=O)C1CCCN1C(=O)c1cc(-c2ccncc2)c[nH]1. The monoisotopic (exact) mass is 437 g/mol. The van der Waals surface area contributed by atoms with Gasteiger partial charge in [0.25, 0.3) is 5.91 Å². The van der Waals surface area contributed by atoms with Gasteiger partial charge in [0.1, 0.15) is 11.7 Å². The van der Waals surface area contributed by atoms with Gasteiger partial charge in [-0.2, -0.15) is 0 Å². The molecule has 1 saturated heterocycles. The third kappa shape index (κ3) is 4.62. The van der Waals surface area contributed by atoms with E-state index in [0.717, 1.165) is 28.7 Å². The summed E-state index contributed by atoms with van der Waals surface area (Å²) in [5, 5.41) is 3.54. The zero-order valence-electron chi connectivity index (χ0n) is 17.0. The van der Waals surface area contributed by atoms with E-state index < -0.39 is 6.04 Å². The number of likely N-dealkylation sites (tertiary alicyclic amines) is 1. The third-order valence-electron chi connectivity index (χ3n) is 5.58. The summed E-state index contributed by atoms with van der Waals surface area (Å²) in [6.45, 7) is 1.23. The van der Waals surface area contributed by atoms with Crippen molar-refractivity contribution in [2.24, 2.45) is 5.73 Å². The summed E-state index contributed by atoms with van der Waals surface area (Å²) >= 11 is 6.08. The summed E-state index contributed by atoms with van der Waals surface area (Å²) in [7, 11) is 0. The molecule has 1 unspecified atom stereocenters. The Bertz CT molecular complexity index is 1080. The Hall–Kier alpha value is -3.16. The number of hydrogen-bond donors (Lipinski definition) is 3. The van der Waals surface area contributed by atoms with Crippen molar-refractivity contribution in [1.82, 2.24) is 20.2 Å². The molecular formula is C23H24ClN5O2. The normalized spacial score (nSPS) is 15.8. The highest BCUT2D eigenvalue weighted by atomic mass is 35.5. The molecule has 1 aliphatic rings. The topological polar surface area (TPSA) is 104 Å². The first-order valence-electron chi connectivity index (χ1n) is 10.2. The van der Waals surface area contributed by atoms with Gasteiger partial charge in [0, 0.05) is 48.8 Å². The first kappa shape index (κ1) is 21.1. The van der Waals surface area contributed by atoms with Gasteiger partial charge >= 0.3 is 0 Å². The van der Waals surface area contributed by atoms with Crippen molar-refractivity contribution in [3.05, 3.63) is 76.8 Å². The predicted molar refractivity (Wildman–Crippen MR) is 119 cm³/mol. The standard InChI is InChI=1S/C23H24ClN5O2/c24-19-4-3-16(12-25)17(10-19)14-28-22(30)21-2-1-9-29(21)23(31)20-11-18(13-27-20)15-5-7-26-8-6-15/h3-8,10-11,13,21,27H,1-2,9,12,14,25H2,(H,28,30). The van der Waals surface area contributed by atoms with Crippen LogP contribution in [-0.2, 0) is 17.9 Å². The number of benzene rings is 1. The number of carbonyl (C=O) groups is 2. The number of nitrogens with zero attached hydrogens (tertiary/aromatic N) is 2. The molecule has 4 rings (SSSR count). The number of nitrogens with one attached hydrogen (secondary N) is 2. The number of pyridine rings is 1. The summed E-state index contributed by atoms with van der Waals surface area (Å²) in [6, 6.07) is 10.5. The molecule has 0 aliphatic carbocycles. The molecule has 4 N–H and O–H groups in total. The number of halogens is 1. The Morgan fingerprint density at radius 2 is 1.97 bits per heavy atom. The Balaban J connectivity index is 1.44. The molecule has 1 aliphatic heterocycles. The zero-order chi connectivity index (χ0) is 21.8. The van der Waals surface area contributed by atoms with Crippen LogP contribution in [0.25, 0.3) is 11.1 Å². The van der Waals surface area contributed by atoms with E-state index in [1.54, 1.807) is 35.6 Å². The van der Waals surface area contributed by atoms with Crippen molar-refractivity contribution in [3.8, 4) is 11.1 Å². The smallest absolute Gasteiger partial charge is 0.270 e. The zero-order valence-corrected chi connectivity index (χ0v) is 17.7. The van der Waals surface area contributed by atoms with Crippen molar-refractivity contribution >= 4 is 23.4 Å². The Morgan fingerprint density at radius 1 is 1.16 bits per heavy atom. The number of amides is 2. The minimum Gasteiger partial charge on any atom is -0.357 e. The molecule has 7 nitrogen and oxygen atoms in total. The molecule has 1 atom stereocenters. The quantitative estimate of drug-likeness (QED) is 0.551. The van der Waals surface area contributed by atoms with E-state index in [4.69, 9.17) is 17.3 Å². The van der Waals surface area contributed by atoms with Crippen LogP contribution >= 0.6 is 11.6 Å². The average molecular weight is 438 g/mol. The highest BCUT2D eigenvalue weighted by Gasteiger charge is 2.35. The first-order chi connectivity index (χ1) is 15.1. The minimum absolute atomic E-state index is 0.172. The van der Waals surface area contributed by atoms with E-state index >= 15 is 0 Å². The summed E-state index contributed by atoms with van der Waals surface area (Å²) < 4.78 is 0. The lowest BCUT2D eigenvalue weighted by Crippen LogP contribution is -2.45. The second-order valence-corrected chi connectivity index (χ2v) is 7.97. The largest absolute Gasteiger partial charge is 0.357 e. The molecule has 0 bridgehead atoms. The molecule has 3 heterocycles. The van der Waals surface area contributed by atoms with Crippen LogP contribution in [0.3, 0.4) is 0 Å². The van der Waals surface area contributed by atoms with Gasteiger partial charge in [-0.15, -0.1) is 0 Å². The van der Waals surface area contributed by atoms with Gasteiger partial charge in [-0.25, -0.2) is 0 Å². The molecule has 0 radical (unpaired) electrons. The molecule has 0 spiro atoms. The fraction of sp³-hybridized carbons (Fsp3) is 0.261. The van der Waals surface area contributed by atoms with E-state index in [-0.39, 0.29) is 11.8 Å². The van der Waals surface area contributed by atoms with E-state index in [0.29, 0.717) is 36.8 Å². The lowest BCUT2D eigenvalue weighted by Gasteiger charge is -2.23. The summed E-state index contributed by atoms with van der Waals surface area (Å²) in [6.07, 6.45) is 6.63. The molecule has 31 heavy (non-hydrogen) atoms. The Morgan fingerprint density at radius 3 is 2.74 bits per heavy atom. The maximum Gasteiger partial charge on any atom is 0.270 e. The molecule has 160 valence electrons. The fourth-order valence-corrected chi connectivity index (χ4v) is 4.12. The maximum atomic E-state index is 13.1. The molecule has 0 saturated carbocycles. The average Bonchev–Trinajstić information content (AvgIpc) is 3.48.